The van der Waals surface area contributed by atoms with Gasteiger partial charge in [-0.1, -0.05) is 24.3 Å². The molecule has 2 aliphatic carbocycles. The normalized spacial score (nSPS) is 13.3. The van der Waals surface area contributed by atoms with E-state index in [0.717, 1.165) is 61.6 Å². The largest absolute Gasteiger partial charge is 0.489 e. The van der Waals surface area contributed by atoms with Crippen molar-refractivity contribution in [1.82, 2.24) is 54.5 Å². The number of aryl methyl sites for hydroxylation is 7. The Morgan fingerprint density at radius 3 is 1.63 bits per heavy atom. The van der Waals surface area contributed by atoms with Crippen LogP contribution in [0.5, 0.6) is 11.5 Å². The van der Waals surface area contributed by atoms with Crippen molar-refractivity contribution in [2.45, 2.75) is 85.4 Å². The minimum atomic E-state index is -0.301. The quantitative estimate of drug-likeness (QED) is 0.117. The molecule has 8 aromatic rings. The molecule has 2 saturated carbocycles. The van der Waals surface area contributed by atoms with Crippen LogP contribution in [0.1, 0.15) is 87.6 Å². The van der Waals surface area contributed by atoms with Crippen LogP contribution in [0.25, 0.3) is 33.9 Å². The van der Waals surface area contributed by atoms with Crippen molar-refractivity contribution in [1.29, 1.82) is 0 Å². The van der Waals surface area contributed by atoms with Gasteiger partial charge in [0.15, 0.2) is 5.82 Å². The van der Waals surface area contributed by atoms with Crippen molar-refractivity contribution in [2.24, 2.45) is 14.1 Å². The average molecular weight is 870 g/mol. The fraction of sp³-hybridized carbons (Fsp3) is 0.300. The van der Waals surface area contributed by atoms with Gasteiger partial charge in [0.2, 0.25) is 0 Å². The summed E-state index contributed by atoms with van der Waals surface area (Å²) in [5, 5.41) is 15.6. The lowest BCUT2D eigenvalue weighted by atomic mass is 9.97. The Kier molecular flexibility index (Phi) is 11.8. The van der Waals surface area contributed by atoms with Crippen LogP contribution in [0, 0.1) is 34.6 Å². The molecule has 65 heavy (non-hydrogen) atoms. The first kappa shape index (κ1) is 42.7. The molecule has 0 radical (unpaired) electrons. The minimum Gasteiger partial charge on any atom is -0.489 e. The topological polar surface area (TPSA) is 163 Å². The third-order valence-corrected chi connectivity index (χ3v) is 12.2. The number of aromatic nitrogens is 11. The summed E-state index contributed by atoms with van der Waals surface area (Å²) in [5.74, 6) is 3.62. The molecule has 330 valence electrons. The highest BCUT2D eigenvalue weighted by Crippen LogP contribution is 2.42. The predicted octanol–water partition coefficient (Wildman–Crippen LogP) is 7.91. The third kappa shape index (κ3) is 9.12. The average Bonchev–Trinajstić information content (AvgIpc) is 4.26. The second-order valence-electron chi connectivity index (χ2n) is 17.1. The van der Waals surface area contributed by atoms with Gasteiger partial charge in [0.25, 0.3) is 0 Å². The number of nitrogens with zero attached hydrogens (tertiary/aromatic N) is 11. The van der Waals surface area contributed by atoms with Crippen LogP contribution in [0.15, 0.2) is 107 Å². The van der Waals surface area contributed by atoms with E-state index < -0.39 is 0 Å². The Balaban J connectivity index is 0.000000164. The molecule has 0 amide bonds. The van der Waals surface area contributed by atoms with Crippen molar-refractivity contribution in [3.63, 3.8) is 0 Å². The van der Waals surface area contributed by atoms with E-state index in [1.807, 2.05) is 100 Å². The second kappa shape index (κ2) is 17.9. The lowest BCUT2D eigenvalue weighted by molar-refractivity contribution is 0.302. The number of tetrazole rings is 2. The van der Waals surface area contributed by atoms with Crippen molar-refractivity contribution in [3.05, 3.63) is 169 Å². The Morgan fingerprint density at radius 1 is 0.538 bits per heavy atom. The smallest absolute Gasteiger partial charge is 0.368 e. The van der Waals surface area contributed by atoms with Gasteiger partial charge >= 0.3 is 11.4 Å². The summed E-state index contributed by atoms with van der Waals surface area (Å²) in [6.45, 7) is 10.8. The summed E-state index contributed by atoms with van der Waals surface area (Å²) in [6, 6.07) is 24.0. The summed E-state index contributed by atoms with van der Waals surface area (Å²) in [6.07, 6.45) is 12.8. The molecule has 0 aliphatic heterocycles. The molecule has 0 bridgehead atoms. The molecule has 0 atom stereocenters. The van der Waals surface area contributed by atoms with E-state index in [1.54, 1.807) is 14.1 Å². The molecular weight excluding hydrogens is 819 g/mol. The zero-order chi connectivity index (χ0) is 45.4. The summed E-state index contributed by atoms with van der Waals surface area (Å²) in [5.41, 5.74) is 13.6. The lowest BCUT2D eigenvalue weighted by Gasteiger charge is -2.16. The molecule has 0 spiro atoms. The maximum absolute atomic E-state index is 12.4. The molecule has 2 fully saturated rings. The number of hydrogen-bond acceptors (Lipinski definition) is 11. The SMILES string of the molecule is Cc1cc(-c2cncc(C3CC3)c2)c(C)cc1OCc1c(C)cccc1-n1nnn(C)c1=O.Cc1cc(-c2ncc(C3CC3)cn2)ccc1OCc1c(C)cccc1-n1nnn(C)c1=O. The third-order valence-electron chi connectivity index (χ3n) is 12.2. The van der Waals surface area contributed by atoms with Gasteiger partial charge in [-0.3, -0.25) is 4.98 Å². The monoisotopic (exact) mass is 869 g/mol. The highest BCUT2D eigenvalue weighted by Gasteiger charge is 2.25. The van der Waals surface area contributed by atoms with Gasteiger partial charge in [0.1, 0.15) is 24.7 Å². The van der Waals surface area contributed by atoms with Crippen LogP contribution >= 0.6 is 0 Å². The minimum absolute atomic E-state index is 0.291. The van der Waals surface area contributed by atoms with Crippen LogP contribution < -0.4 is 20.9 Å². The number of hydrogen-bond donors (Lipinski definition) is 0. The maximum atomic E-state index is 12.4. The van der Waals surface area contributed by atoms with Gasteiger partial charge in [-0.15, -0.1) is 0 Å². The van der Waals surface area contributed by atoms with Gasteiger partial charge in [0, 0.05) is 61.1 Å². The number of benzene rings is 4. The fourth-order valence-corrected chi connectivity index (χ4v) is 7.94. The van der Waals surface area contributed by atoms with E-state index >= 15 is 0 Å². The van der Waals surface area contributed by atoms with E-state index in [1.165, 1.54) is 61.1 Å². The predicted molar refractivity (Wildman–Crippen MR) is 247 cm³/mol. The molecule has 4 heterocycles. The number of rotatable bonds is 12. The highest BCUT2D eigenvalue weighted by atomic mass is 16.5. The molecular formula is C50H51N11O4. The summed E-state index contributed by atoms with van der Waals surface area (Å²) in [7, 11) is 3.16. The van der Waals surface area contributed by atoms with Crippen molar-refractivity contribution in [3.8, 4) is 45.4 Å². The number of pyridine rings is 1. The molecule has 15 nitrogen and oxygen atoms in total. The van der Waals surface area contributed by atoms with Gasteiger partial charge in [-0.25, -0.2) is 19.6 Å². The first-order valence-electron chi connectivity index (χ1n) is 21.8. The summed E-state index contributed by atoms with van der Waals surface area (Å²) < 4.78 is 17.4. The molecule has 15 heteroatoms. The van der Waals surface area contributed by atoms with Crippen molar-refractivity contribution in [2.75, 3.05) is 0 Å². The Morgan fingerprint density at radius 2 is 1.09 bits per heavy atom. The van der Waals surface area contributed by atoms with Crippen molar-refractivity contribution >= 4 is 0 Å². The molecule has 0 N–H and O–H groups in total. The van der Waals surface area contributed by atoms with Crippen molar-refractivity contribution < 1.29 is 9.47 Å². The summed E-state index contributed by atoms with van der Waals surface area (Å²) >= 11 is 0. The van der Waals surface area contributed by atoms with E-state index in [4.69, 9.17) is 9.47 Å². The van der Waals surface area contributed by atoms with Crippen LogP contribution in [0.4, 0.5) is 0 Å². The Bertz CT molecular complexity index is 3160. The van der Waals surface area contributed by atoms with Crippen LogP contribution in [0.3, 0.4) is 0 Å². The Hall–Kier alpha value is -7.55. The lowest BCUT2D eigenvalue weighted by Crippen LogP contribution is -2.23. The molecule has 4 aromatic heterocycles. The van der Waals surface area contributed by atoms with Gasteiger partial charge < -0.3 is 9.47 Å². The molecule has 4 aromatic carbocycles. The van der Waals surface area contributed by atoms with E-state index in [0.29, 0.717) is 42.2 Å². The zero-order valence-corrected chi connectivity index (χ0v) is 37.7. The van der Waals surface area contributed by atoms with Crippen LogP contribution in [0.2, 0.25) is 0 Å². The van der Waals surface area contributed by atoms with Gasteiger partial charge in [0.05, 0.1) is 11.4 Å². The van der Waals surface area contributed by atoms with E-state index in [9.17, 15) is 9.59 Å². The first-order valence-corrected chi connectivity index (χ1v) is 21.8. The molecule has 0 saturated heterocycles. The molecule has 0 unspecified atom stereocenters. The Labute approximate surface area is 376 Å². The molecule has 2 aliphatic rings. The maximum Gasteiger partial charge on any atom is 0.368 e. The van der Waals surface area contributed by atoms with E-state index in [-0.39, 0.29) is 11.4 Å². The van der Waals surface area contributed by atoms with Gasteiger partial charge in [-0.05, 0) is 186 Å². The van der Waals surface area contributed by atoms with Crippen LogP contribution in [-0.4, -0.2) is 54.5 Å². The van der Waals surface area contributed by atoms with Crippen LogP contribution in [-0.2, 0) is 27.3 Å². The number of ether oxygens (including phenoxy) is 2. The fourth-order valence-electron chi connectivity index (χ4n) is 7.94. The molecule has 10 rings (SSSR count). The second-order valence-corrected chi connectivity index (χ2v) is 17.1. The summed E-state index contributed by atoms with van der Waals surface area (Å²) in [4.78, 5) is 38.3. The zero-order valence-electron chi connectivity index (χ0n) is 37.7. The first-order chi connectivity index (χ1) is 31.4. The highest BCUT2D eigenvalue weighted by molar-refractivity contribution is 5.69. The van der Waals surface area contributed by atoms with E-state index in [2.05, 4.69) is 67.9 Å². The van der Waals surface area contributed by atoms with Gasteiger partial charge in [-0.2, -0.15) is 18.7 Å². The standard InChI is InChI=1S/C26H27N5O2.C24H24N6O2/c1-16-6-5-7-24(31-26(32)30(4)28-29-31)23(16)15-33-25-11-17(2)22(10-18(25)3)21-12-20(13-27-14-21)19-8-9-19;1-15-5-4-6-21(30-24(31)29(3)27-28-30)20(15)14-32-22-10-9-18(11-16(22)2)23-25-12-19(13-26-23)17-7-8-17/h5-7,10-14,19H,8-9,15H2,1-4H3;4-6,9-13,17H,7-8,14H2,1-3H3.